The molecule has 0 aliphatic rings. The summed E-state index contributed by atoms with van der Waals surface area (Å²) in [6.07, 6.45) is 0.789. The van der Waals surface area contributed by atoms with Gasteiger partial charge in [-0.3, -0.25) is 4.79 Å². The van der Waals surface area contributed by atoms with Gasteiger partial charge in [-0.05, 0) is 44.5 Å². The topological polar surface area (TPSA) is 79.5 Å². The summed E-state index contributed by atoms with van der Waals surface area (Å²) >= 11 is 0. The highest BCUT2D eigenvalue weighted by Gasteiger charge is 2.16. The van der Waals surface area contributed by atoms with Gasteiger partial charge in [0.2, 0.25) is 5.91 Å². The maximum Gasteiger partial charge on any atom is 0.387 e. The van der Waals surface area contributed by atoms with E-state index in [4.69, 9.17) is 0 Å². The summed E-state index contributed by atoms with van der Waals surface area (Å²) in [4.78, 5) is 23.6. The van der Waals surface area contributed by atoms with Crippen molar-refractivity contribution in [1.82, 2.24) is 10.6 Å². The van der Waals surface area contributed by atoms with Crippen LogP contribution in [0.4, 0.5) is 19.3 Å². The SMILES string of the molecule is CC[C@H](C)NC(=O)[C@@H](C)NC(=O)Nc1ccc(OC(F)F)cc1. The van der Waals surface area contributed by atoms with Crippen molar-refractivity contribution >= 4 is 17.6 Å². The van der Waals surface area contributed by atoms with E-state index >= 15 is 0 Å². The van der Waals surface area contributed by atoms with Crippen LogP contribution in [0.15, 0.2) is 24.3 Å². The second-order valence-corrected chi connectivity index (χ2v) is 5.04. The Morgan fingerprint density at radius 3 is 2.26 bits per heavy atom. The lowest BCUT2D eigenvalue weighted by Gasteiger charge is -2.17. The van der Waals surface area contributed by atoms with E-state index in [2.05, 4.69) is 20.7 Å². The molecule has 2 atom stereocenters. The Balaban J connectivity index is 2.48. The Kier molecular flexibility index (Phi) is 7.24. The summed E-state index contributed by atoms with van der Waals surface area (Å²) in [6, 6.07) is 4.20. The molecule has 23 heavy (non-hydrogen) atoms. The molecular weight excluding hydrogens is 308 g/mol. The zero-order valence-electron chi connectivity index (χ0n) is 13.2. The lowest BCUT2D eigenvalue weighted by atomic mass is 10.2. The summed E-state index contributed by atoms with van der Waals surface area (Å²) in [5.74, 6) is -0.289. The third-order valence-electron chi connectivity index (χ3n) is 3.08. The summed E-state index contributed by atoms with van der Waals surface area (Å²) < 4.78 is 28.3. The lowest BCUT2D eigenvalue weighted by Crippen LogP contribution is -2.48. The molecule has 6 nitrogen and oxygen atoms in total. The molecule has 0 fully saturated rings. The summed E-state index contributed by atoms with van der Waals surface area (Å²) in [5, 5.41) is 7.75. The third kappa shape index (κ3) is 6.94. The molecular formula is C15H21F2N3O3. The van der Waals surface area contributed by atoms with E-state index in [0.717, 1.165) is 6.42 Å². The van der Waals surface area contributed by atoms with Crippen LogP contribution < -0.4 is 20.7 Å². The minimum atomic E-state index is -2.90. The summed E-state index contributed by atoms with van der Waals surface area (Å²) in [5.41, 5.74) is 0.388. The molecule has 0 bridgehead atoms. The van der Waals surface area contributed by atoms with E-state index in [1.165, 1.54) is 24.3 Å². The van der Waals surface area contributed by atoms with Crippen molar-refractivity contribution in [2.24, 2.45) is 0 Å². The average Bonchev–Trinajstić information content (AvgIpc) is 2.48. The first kappa shape index (κ1) is 18.7. The standard InChI is InChI=1S/C15H21F2N3O3/c1-4-9(2)18-13(21)10(3)19-15(22)20-11-5-7-12(8-6-11)23-14(16)17/h5-10,14H,4H2,1-3H3,(H,18,21)(H2,19,20,22)/t9-,10+/m0/s1. The van der Waals surface area contributed by atoms with Crippen LogP contribution in [0.1, 0.15) is 27.2 Å². The fraction of sp³-hybridized carbons (Fsp3) is 0.467. The van der Waals surface area contributed by atoms with Crippen LogP contribution in [-0.2, 0) is 4.79 Å². The molecule has 0 radical (unpaired) electrons. The summed E-state index contributed by atoms with van der Waals surface area (Å²) in [7, 11) is 0. The third-order valence-corrected chi connectivity index (χ3v) is 3.08. The lowest BCUT2D eigenvalue weighted by molar-refractivity contribution is -0.123. The number of nitrogens with one attached hydrogen (secondary N) is 3. The first-order valence-corrected chi connectivity index (χ1v) is 7.24. The van der Waals surface area contributed by atoms with Gasteiger partial charge in [0, 0.05) is 11.7 Å². The zero-order chi connectivity index (χ0) is 17.4. The van der Waals surface area contributed by atoms with Crippen molar-refractivity contribution in [3.63, 3.8) is 0 Å². The minimum Gasteiger partial charge on any atom is -0.435 e. The Hall–Kier alpha value is -2.38. The molecule has 1 aromatic carbocycles. The van der Waals surface area contributed by atoms with E-state index < -0.39 is 18.7 Å². The highest BCUT2D eigenvalue weighted by molar-refractivity contribution is 5.93. The van der Waals surface area contributed by atoms with Gasteiger partial charge < -0.3 is 20.7 Å². The van der Waals surface area contributed by atoms with Gasteiger partial charge in [0.1, 0.15) is 11.8 Å². The van der Waals surface area contributed by atoms with Crippen molar-refractivity contribution in [3.8, 4) is 5.75 Å². The number of carbonyl (C=O) groups excluding carboxylic acids is 2. The van der Waals surface area contributed by atoms with Gasteiger partial charge >= 0.3 is 12.6 Å². The predicted octanol–water partition coefficient (Wildman–Crippen LogP) is 2.71. The Bertz CT molecular complexity index is 523. The maximum atomic E-state index is 12.0. The van der Waals surface area contributed by atoms with E-state index in [9.17, 15) is 18.4 Å². The largest absolute Gasteiger partial charge is 0.435 e. The number of hydrogen-bond acceptors (Lipinski definition) is 3. The monoisotopic (exact) mass is 329 g/mol. The Morgan fingerprint density at radius 2 is 1.74 bits per heavy atom. The van der Waals surface area contributed by atoms with Gasteiger partial charge in [0.05, 0.1) is 0 Å². The molecule has 0 saturated carbocycles. The number of anilines is 1. The number of amides is 3. The van der Waals surface area contributed by atoms with Crippen LogP contribution in [0.25, 0.3) is 0 Å². The van der Waals surface area contributed by atoms with Crippen molar-refractivity contribution in [1.29, 1.82) is 0 Å². The molecule has 0 spiro atoms. The molecule has 1 rings (SSSR count). The molecule has 3 N–H and O–H groups in total. The van der Waals surface area contributed by atoms with Crippen molar-refractivity contribution in [3.05, 3.63) is 24.3 Å². The molecule has 8 heteroatoms. The first-order chi connectivity index (χ1) is 10.8. The van der Waals surface area contributed by atoms with Gasteiger partial charge in [-0.15, -0.1) is 0 Å². The quantitative estimate of drug-likeness (QED) is 0.719. The number of rotatable bonds is 7. The molecule has 0 aliphatic heterocycles. The highest BCUT2D eigenvalue weighted by Crippen LogP contribution is 2.17. The molecule has 0 heterocycles. The van der Waals surface area contributed by atoms with Gasteiger partial charge in [-0.2, -0.15) is 8.78 Å². The normalized spacial score (nSPS) is 13.1. The minimum absolute atomic E-state index is 0.00717. The van der Waals surface area contributed by atoms with Crippen LogP contribution in [0.2, 0.25) is 0 Å². The van der Waals surface area contributed by atoms with Crippen molar-refractivity contribution in [2.45, 2.75) is 45.9 Å². The van der Waals surface area contributed by atoms with Gasteiger partial charge in [0.25, 0.3) is 0 Å². The highest BCUT2D eigenvalue weighted by atomic mass is 19.3. The predicted molar refractivity (Wildman–Crippen MR) is 82.6 cm³/mol. The second-order valence-electron chi connectivity index (χ2n) is 5.04. The van der Waals surface area contributed by atoms with Gasteiger partial charge in [-0.25, -0.2) is 4.79 Å². The zero-order valence-corrected chi connectivity index (χ0v) is 13.2. The molecule has 0 aliphatic carbocycles. The molecule has 0 unspecified atom stereocenters. The second kappa shape index (κ2) is 8.92. The fourth-order valence-electron chi connectivity index (χ4n) is 1.62. The van der Waals surface area contributed by atoms with Crippen LogP contribution >= 0.6 is 0 Å². The number of alkyl halides is 2. The fourth-order valence-corrected chi connectivity index (χ4v) is 1.62. The van der Waals surface area contributed by atoms with Crippen LogP contribution in [0, 0.1) is 0 Å². The smallest absolute Gasteiger partial charge is 0.387 e. The number of halogens is 2. The van der Waals surface area contributed by atoms with Crippen LogP contribution in [0.3, 0.4) is 0 Å². The Labute approximate surface area is 133 Å². The van der Waals surface area contributed by atoms with Crippen molar-refractivity contribution in [2.75, 3.05) is 5.32 Å². The first-order valence-electron chi connectivity index (χ1n) is 7.24. The molecule has 1 aromatic rings. The van der Waals surface area contributed by atoms with E-state index in [-0.39, 0.29) is 17.7 Å². The number of ether oxygens (including phenoxy) is 1. The van der Waals surface area contributed by atoms with E-state index in [0.29, 0.717) is 5.69 Å². The number of carbonyl (C=O) groups is 2. The number of hydrogen-bond donors (Lipinski definition) is 3. The molecule has 0 aromatic heterocycles. The number of benzene rings is 1. The van der Waals surface area contributed by atoms with Crippen LogP contribution in [0.5, 0.6) is 5.75 Å². The molecule has 128 valence electrons. The van der Waals surface area contributed by atoms with Gasteiger partial charge in [0.15, 0.2) is 0 Å². The van der Waals surface area contributed by atoms with Gasteiger partial charge in [-0.1, -0.05) is 6.92 Å². The van der Waals surface area contributed by atoms with E-state index in [1.54, 1.807) is 6.92 Å². The Morgan fingerprint density at radius 1 is 1.13 bits per heavy atom. The van der Waals surface area contributed by atoms with E-state index in [1.807, 2.05) is 13.8 Å². The molecule has 3 amide bonds. The average molecular weight is 329 g/mol. The van der Waals surface area contributed by atoms with Crippen molar-refractivity contribution < 1.29 is 23.1 Å². The van der Waals surface area contributed by atoms with Crippen LogP contribution in [-0.4, -0.2) is 30.6 Å². The molecule has 0 saturated heterocycles. The summed E-state index contributed by atoms with van der Waals surface area (Å²) in [6.45, 7) is 2.48. The number of urea groups is 1. The maximum absolute atomic E-state index is 12.0.